The number of methoxy groups -OCH3 is 1. The first kappa shape index (κ1) is 15.7. The molecule has 0 aliphatic heterocycles. The smallest absolute Gasteiger partial charge is 0.232 e. The first-order chi connectivity index (χ1) is 11.7. The quantitative estimate of drug-likeness (QED) is 0.777. The topological polar surface area (TPSA) is 63.2 Å². The molecule has 0 unspecified atom stereocenters. The fourth-order valence-corrected chi connectivity index (χ4v) is 2.14. The molecule has 24 heavy (non-hydrogen) atoms. The van der Waals surface area contributed by atoms with Crippen molar-refractivity contribution in [2.24, 2.45) is 0 Å². The van der Waals surface area contributed by atoms with E-state index in [2.05, 4.69) is 20.3 Å². The van der Waals surface area contributed by atoms with Gasteiger partial charge in [0.15, 0.2) is 5.82 Å². The van der Waals surface area contributed by atoms with Gasteiger partial charge in [0.1, 0.15) is 5.75 Å². The summed E-state index contributed by atoms with van der Waals surface area (Å²) in [6.07, 6.45) is 0. The Hall–Kier alpha value is -3.15. The molecule has 1 N–H and O–H groups in total. The van der Waals surface area contributed by atoms with Crippen LogP contribution in [0.15, 0.2) is 54.6 Å². The van der Waals surface area contributed by atoms with E-state index in [-0.39, 0.29) is 0 Å². The molecular formula is C18H19N5O. The van der Waals surface area contributed by atoms with Crippen molar-refractivity contribution in [1.29, 1.82) is 0 Å². The first-order valence-corrected chi connectivity index (χ1v) is 7.55. The standard InChI is InChI=1S/C18H19N5O/c1-23(2)18-21-16(13-7-5-4-6-8-13)20-17(22-18)19-14-9-11-15(24-3)12-10-14/h4-12H,1-3H3,(H,19,20,21,22). The summed E-state index contributed by atoms with van der Waals surface area (Å²) in [7, 11) is 5.45. The van der Waals surface area contributed by atoms with Gasteiger partial charge < -0.3 is 15.0 Å². The molecule has 0 atom stereocenters. The number of nitrogens with one attached hydrogen (secondary N) is 1. The van der Waals surface area contributed by atoms with Gasteiger partial charge in [-0.15, -0.1) is 0 Å². The largest absolute Gasteiger partial charge is 0.497 e. The van der Waals surface area contributed by atoms with Gasteiger partial charge in [0, 0.05) is 25.3 Å². The molecule has 0 spiro atoms. The summed E-state index contributed by atoms with van der Waals surface area (Å²) in [6.45, 7) is 0. The average Bonchev–Trinajstić information content (AvgIpc) is 2.63. The van der Waals surface area contributed by atoms with E-state index in [0.29, 0.717) is 17.7 Å². The van der Waals surface area contributed by atoms with Crippen LogP contribution in [0.2, 0.25) is 0 Å². The first-order valence-electron chi connectivity index (χ1n) is 7.55. The van der Waals surface area contributed by atoms with E-state index in [4.69, 9.17) is 4.74 Å². The van der Waals surface area contributed by atoms with Crippen LogP contribution in [-0.2, 0) is 0 Å². The van der Waals surface area contributed by atoms with Gasteiger partial charge in [-0.25, -0.2) is 0 Å². The van der Waals surface area contributed by atoms with Crippen molar-refractivity contribution >= 4 is 17.6 Å². The van der Waals surface area contributed by atoms with Crippen LogP contribution >= 0.6 is 0 Å². The van der Waals surface area contributed by atoms with Crippen molar-refractivity contribution < 1.29 is 4.74 Å². The second-order valence-electron chi connectivity index (χ2n) is 5.40. The number of ether oxygens (including phenoxy) is 1. The van der Waals surface area contributed by atoms with E-state index in [9.17, 15) is 0 Å². The molecule has 0 saturated heterocycles. The molecule has 0 aliphatic rings. The molecule has 0 fully saturated rings. The van der Waals surface area contributed by atoms with Gasteiger partial charge in [-0.3, -0.25) is 0 Å². The van der Waals surface area contributed by atoms with Crippen molar-refractivity contribution in [1.82, 2.24) is 15.0 Å². The Bertz CT molecular complexity index is 803. The van der Waals surface area contributed by atoms with Crippen molar-refractivity contribution in [3.63, 3.8) is 0 Å². The number of nitrogens with zero attached hydrogens (tertiary/aromatic N) is 4. The highest BCUT2D eigenvalue weighted by molar-refractivity contribution is 5.61. The minimum absolute atomic E-state index is 0.498. The molecule has 0 saturated carbocycles. The summed E-state index contributed by atoms with van der Waals surface area (Å²) in [5.74, 6) is 2.53. The van der Waals surface area contributed by atoms with Gasteiger partial charge in [-0.05, 0) is 24.3 Å². The minimum Gasteiger partial charge on any atom is -0.497 e. The summed E-state index contributed by atoms with van der Waals surface area (Å²) in [6, 6.07) is 17.4. The van der Waals surface area contributed by atoms with Crippen LogP contribution in [0, 0.1) is 0 Å². The highest BCUT2D eigenvalue weighted by Crippen LogP contribution is 2.22. The number of rotatable bonds is 5. The number of aromatic nitrogens is 3. The predicted octanol–water partition coefficient (Wildman–Crippen LogP) is 3.36. The van der Waals surface area contributed by atoms with Gasteiger partial charge in [0.2, 0.25) is 11.9 Å². The van der Waals surface area contributed by atoms with Crippen LogP contribution < -0.4 is 15.0 Å². The summed E-state index contributed by atoms with van der Waals surface area (Å²) in [5.41, 5.74) is 1.83. The zero-order chi connectivity index (χ0) is 16.9. The summed E-state index contributed by atoms with van der Waals surface area (Å²) < 4.78 is 5.17. The highest BCUT2D eigenvalue weighted by atomic mass is 16.5. The van der Waals surface area contributed by atoms with E-state index < -0.39 is 0 Å². The van der Waals surface area contributed by atoms with Crippen LogP contribution in [0.4, 0.5) is 17.6 Å². The lowest BCUT2D eigenvalue weighted by Gasteiger charge is -2.13. The molecule has 2 aromatic carbocycles. The Morgan fingerprint density at radius 3 is 2.21 bits per heavy atom. The normalized spacial score (nSPS) is 10.3. The van der Waals surface area contributed by atoms with E-state index >= 15 is 0 Å². The van der Waals surface area contributed by atoms with Crippen molar-refractivity contribution in [3.8, 4) is 17.1 Å². The summed E-state index contributed by atoms with van der Waals surface area (Å²) in [4.78, 5) is 15.4. The fourth-order valence-electron chi connectivity index (χ4n) is 2.14. The molecule has 3 rings (SSSR count). The molecule has 122 valence electrons. The third-order valence-corrected chi connectivity index (χ3v) is 3.40. The van der Waals surface area contributed by atoms with Crippen molar-refractivity contribution in [3.05, 3.63) is 54.6 Å². The molecule has 3 aromatic rings. The van der Waals surface area contributed by atoms with Gasteiger partial charge in [0.25, 0.3) is 0 Å². The average molecular weight is 321 g/mol. The zero-order valence-electron chi connectivity index (χ0n) is 13.9. The SMILES string of the molecule is COc1ccc(Nc2nc(-c3ccccc3)nc(N(C)C)n2)cc1. The van der Waals surface area contributed by atoms with E-state index in [1.54, 1.807) is 7.11 Å². The molecule has 0 radical (unpaired) electrons. The summed E-state index contributed by atoms with van der Waals surface area (Å²) >= 11 is 0. The third kappa shape index (κ3) is 3.60. The second kappa shape index (κ2) is 6.95. The molecule has 0 bridgehead atoms. The monoisotopic (exact) mass is 321 g/mol. The third-order valence-electron chi connectivity index (χ3n) is 3.40. The van der Waals surface area contributed by atoms with Crippen LogP contribution in [0.25, 0.3) is 11.4 Å². The van der Waals surface area contributed by atoms with Gasteiger partial charge in [-0.2, -0.15) is 15.0 Å². The van der Waals surface area contributed by atoms with Gasteiger partial charge in [0.05, 0.1) is 7.11 Å². The van der Waals surface area contributed by atoms with Crippen LogP contribution in [-0.4, -0.2) is 36.2 Å². The van der Waals surface area contributed by atoms with Crippen LogP contribution in [0.3, 0.4) is 0 Å². The lowest BCUT2D eigenvalue weighted by Crippen LogP contribution is -2.15. The molecule has 6 heteroatoms. The highest BCUT2D eigenvalue weighted by Gasteiger charge is 2.10. The van der Waals surface area contributed by atoms with E-state index in [1.165, 1.54) is 0 Å². The Morgan fingerprint density at radius 2 is 1.58 bits per heavy atom. The number of benzene rings is 2. The molecular weight excluding hydrogens is 302 g/mol. The number of anilines is 3. The number of hydrogen-bond donors (Lipinski definition) is 1. The molecule has 0 aliphatic carbocycles. The van der Waals surface area contributed by atoms with E-state index in [0.717, 1.165) is 17.0 Å². The molecule has 1 aromatic heterocycles. The second-order valence-corrected chi connectivity index (χ2v) is 5.40. The Kier molecular flexibility index (Phi) is 4.56. The predicted molar refractivity (Wildman–Crippen MR) is 95.9 cm³/mol. The lowest BCUT2D eigenvalue weighted by atomic mass is 10.2. The van der Waals surface area contributed by atoms with Crippen LogP contribution in [0.1, 0.15) is 0 Å². The fraction of sp³-hybridized carbons (Fsp3) is 0.167. The van der Waals surface area contributed by atoms with Gasteiger partial charge in [-0.1, -0.05) is 30.3 Å². The Labute approximate surface area is 141 Å². The maximum atomic E-state index is 5.17. The maximum absolute atomic E-state index is 5.17. The Morgan fingerprint density at radius 1 is 0.875 bits per heavy atom. The van der Waals surface area contributed by atoms with Crippen LogP contribution in [0.5, 0.6) is 5.75 Å². The maximum Gasteiger partial charge on any atom is 0.232 e. The molecule has 0 amide bonds. The molecule has 6 nitrogen and oxygen atoms in total. The number of hydrogen-bond acceptors (Lipinski definition) is 6. The van der Waals surface area contributed by atoms with Gasteiger partial charge >= 0.3 is 0 Å². The zero-order valence-corrected chi connectivity index (χ0v) is 13.9. The minimum atomic E-state index is 0.498. The summed E-state index contributed by atoms with van der Waals surface area (Å²) in [5, 5.41) is 3.22. The van der Waals surface area contributed by atoms with Crippen molar-refractivity contribution in [2.45, 2.75) is 0 Å². The Balaban J connectivity index is 1.95. The van der Waals surface area contributed by atoms with Crippen molar-refractivity contribution in [2.75, 3.05) is 31.4 Å². The van der Waals surface area contributed by atoms with E-state index in [1.807, 2.05) is 73.6 Å². The lowest BCUT2D eigenvalue weighted by molar-refractivity contribution is 0.415. The molecule has 1 heterocycles.